The van der Waals surface area contributed by atoms with E-state index in [0.29, 0.717) is 11.3 Å². The van der Waals surface area contributed by atoms with Crippen molar-refractivity contribution in [1.29, 1.82) is 0 Å². The number of aromatic amines is 1. The number of imidazole rings is 1. The molecular formula is C18H17FN4O2. The number of benzene rings is 1. The Kier molecular flexibility index (Phi) is 3.56. The standard InChI is InChI=1S/C18H17FN4O2/c1-10-7-14-16(17-20-5-6-23(10)17)12(9-21-14)18(24)22-11-3-4-15(25-2)13(19)8-11/h3-6,8-10,21H,7H2,1-2H3,(H,22,24)/t10-/m1/s1. The number of nitrogens with one attached hydrogen (secondary N) is 2. The molecule has 1 aliphatic heterocycles. The Balaban J connectivity index is 1.66. The van der Waals surface area contributed by atoms with Crippen molar-refractivity contribution in [3.8, 4) is 17.1 Å². The van der Waals surface area contributed by atoms with Crippen LogP contribution < -0.4 is 10.1 Å². The summed E-state index contributed by atoms with van der Waals surface area (Å²) in [7, 11) is 1.39. The molecule has 1 aromatic carbocycles. The predicted molar refractivity (Wildman–Crippen MR) is 91.3 cm³/mol. The van der Waals surface area contributed by atoms with Gasteiger partial charge in [-0.2, -0.15) is 0 Å². The van der Waals surface area contributed by atoms with Gasteiger partial charge in [0.1, 0.15) is 5.82 Å². The molecule has 0 bridgehead atoms. The van der Waals surface area contributed by atoms with E-state index < -0.39 is 5.82 Å². The third-order valence-corrected chi connectivity index (χ3v) is 4.48. The fraction of sp³-hybridized carbons (Fsp3) is 0.222. The molecule has 1 amide bonds. The van der Waals surface area contributed by atoms with Crippen LogP contribution in [0.3, 0.4) is 0 Å². The normalized spacial score (nSPS) is 15.4. The van der Waals surface area contributed by atoms with E-state index in [0.717, 1.165) is 23.5 Å². The highest BCUT2D eigenvalue weighted by Crippen LogP contribution is 2.35. The second-order valence-corrected chi connectivity index (χ2v) is 6.07. The van der Waals surface area contributed by atoms with E-state index >= 15 is 0 Å². The summed E-state index contributed by atoms with van der Waals surface area (Å²) < 4.78 is 20.8. The first kappa shape index (κ1) is 15.4. The topological polar surface area (TPSA) is 71.9 Å². The zero-order valence-corrected chi connectivity index (χ0v) is 13.8. The molecule has 0 radical (unpaired) electrons. The molecule has 1 aliphatic rings. The number of carbonyl (C=O) groups is 1. The Morgan fingerprint density at radius 3 is 3.08 bits per heavy atom. The first-order valence-electron chi connectivity index (χ1n) is 7.97. The molecule has 6 nitrogen and oxygen atoms in total. The lowest BCUT2D eigenvalue weighted by molar-refractivity contribution is 0.102. The van der Waals surface area contributed by atoms with E-state index in [1.807, 2.05) is 6.20 Å². The maximum Gasteiger partial charge on any atom is 0.257 e. The molecule has 128 valence electrons. The number of hydrogen-bond donors (Lipinski definition) is 2. The van der Waals surface area contributed by atoms with Crippen molar-refractivity contribution in [2.24, 2.45) is 0 Å². The summed E-state index contributed by atoms with van der Waals surface area (Å²) in [5.41, 5.74) is 2.64. The van der Waals surface area contributed by atoms with Gasteiger partial charge in [0.25, 0.3) is 5.91 Å². The van der Waals surface area contributed by atoms with Crippen LogP contribution in [0.1, 0.15) is 29.0 Å². The summed E-state index contributed by atoms with van der Waals surface area (Å²) in [5, 5.41) is 2.73. The Hall–Kier alpha value is -3.09. The molecule has 2 N–H and O–H groups in total. The van der Waals surface area contributed by atoms with Crippen LogP contribution in [-0.4, -0.2) is 27.6 Å². The van der Waals surface area contributed by atoms with E-state index in [2.05, 4.69) is 26.8 Å². The summed E-state index contributed by atoms with van der Waals surface area (Å²) >= 11 is 0. The summed E-state index contributed by atoms with van der Waals surface area (Å²) in [6.45, 7) is 2.11. The van der Waals surface area contributed by atoms with Gasteiger partial charge >= 0.3 is 0 Å². The van der Waals surface area contributed by atoms with Gasteiger partial charge in [0.05, 0.1) is 18.2 Å². The quantitative estimate of drug-likeness (QED) is 0.768. The first-order valence-corrected chi connectivity index (χ1v) is 7.97. The molecule has 0 unspecified atom stereocenters. The number of methoxy groups -OCH3 is 1. The highest BCUT2D eigenvalue weighted by molar-refractivity contribution is 6.08. The molecule has 0 saturated heterocycles. The number of rotatable bonds is 3. The minimum atomic E-state index is -0.527. The molecule has 0 spiro atoms. The summed E-state index contributed by atoms with van der Waals surface area (Å²) in [6, 6.07) is 4.59. The summed E-state index contributed by atoms with van der Waals surface area (Å²) in [6.07, 6.45) is 6.12. The van der Waals surface area contributed by atoms with Crippen LogP contribution in [0, 0.1) is 5.82 Å². The number of fused-ring (bicyclic) bond motifs is 3. The number of anilines is 1. The average Bonchev–Trinajstić information content (AvgIpc) is 3.21. The first-order chi connectivity index (χ1) is 12.1. The summed E-state index contributed by atoms with van der Waals surface area (Å²) in [5.74, 6) is 0.0565. The van der Waals surface area contributed by atoms with Crippen LogP contribution in [0.5, 0.6) is 5.75 Å². The van der Waals surface area contributed by atoms with Gasteiger partial charge in [-0.1, -0.05) is 0 Å². The number of amides is 1. The highest BCUT2D eigenvalue weighted by atomic mass is 19.1. The van der Waals surface area contributed by atoms with E-state index in [9.17, 15) is 9.18 Å². The Morgan fingerprint density at radius 1 is 1.48 bits per heavy atom. The maximum atomic E-state index is 13.8. The zero-order chi connectivity index (χ0) is 17.6. The van der Waals surface area contributed by atoms with Crippen molar-refractivity contribution in [2.75, 3.05) is 12.4 Å². The van der Waals surface area contributed by atoms with Gasteiger partial charge < -0.3 is 19.6 Å². The van der Waals surface area contributed by atoms with Crippen LogP contribution in [0.2, 0.25) is 0 Å². The molecule has 7 heteroatoms. The van der Waals surface area contributed by atoms with E-state index in [-0.39, 0.29) is 17.7 Å². The minimum Gasteiger partial charge on any atom is -0.494 e. The molecule has 3 aromatic rings. The number of hydrogen-bond acceptors (Lipinski definition) is 3. The van der Waals surface area contributed by atoms with Crippen molar-refractivity contribution in [3.05, 3.63) is 53.9 Å². The SMILES string of the molecule is COc1ccc(NC(=O)c2c[nH]c3c2-c2nccn2[C@H](C)C3)cc1F. The molecule has 1 atom stereocenters. The zero-order valence-electron chi connectivity index (χ0n) is 13.8. The van der Waals surface area contributed by atoms with Crippen molar-refractivity contribution in [2.45, 2.75) is 19.4 Å². The van der Waals surface area contributed by atoms with E-state index in [1.54, 1.807) is 18.5 Å². The Labute approximate surface area is 143 Å². The van der Waals surface area contributed by atoms with Crippen molar-refractivity contribution in [1.82, 2.24) is 14.5 Å². The number of nitrogens with zero attached hydrogens (tertiary/aromatic N) is 2. The number of carbonyl (C=O) groups excluding carboxylic acids is 1. The lowest BCUT2D eigenvalue weighted by Gasteiger charge is -2.22. The van der Waals surface area contributed by atoms with Gasteiger partial charge in [0.15, 0.2) is 11.6 Å². The highest BCUT2D eigenvalue weighted by Gasteiger charge is 2.28. The summed E-state index contributed by atoms with van der Waals surface area (Å²) in [4.78, 5) is 20.3. The number of aromatic nitrogens is 3. The van der Waals surface area contributed by atoms with Crippen molar-refractivity contribution >= 4 is 11.6 Å². The lowest BCUT2D eigenvalue weighted by atomic mass is 10.0. The smallest absolute Gasteiger partial charge is 0.257 e. The van der Waals surface area contributed by atoms with Crippen LogP contribution >= 0.6 is 0 Å². The van der Waals surface area contributed by atoms with Gasteiger partial charge in [0, 0.05) is 48.5 Å². The molecule has 2 aromatic heterocycles. The number of H-pyrrole nitrogens is 1. The molecule has 25 heavy (non-hydrogen) atoms. The number of ether oxygens (including phenoxy) is 1. The van der Waals surface area contributed by atoms with Gasteiger partial charge in [0.2, 0.25) is 0 Å². The molecule has 0 aliphatic carbocycles. The van der Waals surface area contributed by atoms with Gasteiger partial charge in [-0.3, -0.25) is 4.79 Å². The van der Waals surface area contributed by atoms with Gasteiger partial charge in [-0.05, 0) is 19.1 Å². The Bertz CT molecular complexity index is 960. The molecular weight excluding hydrogens is 323 g/mol. The van der Waals surface area contributed by atoms with E-state index in [4.69, 9.17) is 4.74 Å². The third-order valence-electron chi connectivity index (χ3n) is 4.48. The number of halogens is 1. The Morgan fingerprint density at radius 2 is 2.32 bits per heavy atom. The van der Waals surface area contributed by atoms with Crippen LogP contribution in [0.4, 0.5) is 10.1 Å². The second kappa shape index (κ2) is 5.77. The van der Waals surface area contributed by atoms with Crippen LogP contribution in [0.15, 0.2) is 36.8 Å². The van der Waals surface area contributed by atoms with Crippen LogP contribution in [-0.2, 0) is 6.42 Å². The van der Waals surface area contributed by atoms with Crippen molar-refractivity contribution in [3.63, 3.8) is 0 Å². The van der Waals surface area contributed by atoms with Gasteiger partial charge in [-0.15, -0.1) is 0 Å². The average molecular weight is 340 g/mol. The molecule has 0 fully saturated rings. The van der Waals surface area contributed by atoms with Gasteiger partial charge in [-0.25, -0.2) is 9.37 Å². The predicted octanol–water partition coefficient (Wildman–Crippen LogP) is 3.40. The molecule has 4 rings (SSSR count). The van der Waals surface area contributed by atoms with Crippen molar-refractivity contribution < 1.29 is 13.9 Å². The monoisotopic (exact) mass is 340 g/mol. The van der Waals surface area contributed by atoms with Crippen LogP contribution in [0.25, 0.3) is 11.4 Å². The fourth-order valence-electron chi connectivity index (χ4n) is 3.26. The maximum absolute atomic E-state index is 13.8. The van der Waals surface area contributed by atoms with E-state index in [1.165, 1.54) is 19.2 Å². The molecule has 0 saturated carbocycles. The molecule has 3 heterocycles. The second-order valence-electron chi connectivity index (χ2n) is 6.07. The minimum absolute atomic E-state index is 0.132. The largest absolute Gasteiger partial charge is 0.494 e. The lowest BCUT2D eigenvalue weighted by Crippen LogP contribution is -2.18. The fourth-order valence-corrected chi connectivity index (χ4v) is 3.26. The third kappa shape index (κ3) is 2.48.